The van der Waals surface area contributed by atoms with Gasteiger partial charge in [-0.05, 0) is 35.4 Å². The molecule has 0 spiro atoms. The van der Waals surface area contributed by atoms with Crippen LogP contribution in [0.15, 0.2) is 58.3 Å². The molecular formula is C24H28N2O4S. The highest BCUT2D eigenvalue weighted by Gasteiger charge is 2.15. The minimum atomic E-state index is -0.0294. The van der Waals surface area contributed by atoms with Gasteiger partial charge in [-0.25, -0.2) is 0 Å². The fraction of sp³-hybridized carbons (Fsp3) is 0.375. The lowest BCUT2D eigenvalue weighted by molar-refractivity contribution is -0.129. The predicted molar refractivity (Wildman–Crippen MR) is 121 cm³/mol. The van der Waals surface area contributed by atoms with Crippen molar-refractivity contribution in [2.45, 2.75) is 16.3 Å². The number of phenols is 1. The molecule has 2 heterocycles. The number of rotatable bonds is 6. The first kappa shape index (κ1) is 21.9. The fourth-order valence-corrected chi connectivity index (χ4v) is 4.58. The number of nitrogens with zero attached hydrogens (tertiary/aromatic N) is 2. The minimum absolute atomic E-state index is 0.0294. The maximum Gasteiger partial charge on any atom is 0.246 e. The van der Waals surface area contributed by atoms with Gasteiger partial charge in [-0.2, -0.15) is 0 Å². The van der Waals surface area contributed by atoms with Gasteiger partial charge < -0.3 is 19.5 Å². The highest BCUT2D eigenvalue weighted by molar-refractivity contribution is 7.99. The molecule has 0 aromatic heterocycles. The molecule has 0 saturated carbocycles. The van der Waals surface area contributed by atoms with Gasteiger partial charge in [-0.1, -0.05) is 36.0 Å². The molecule has 31 heavy (non-hydrogen) atoms. The van der Waals surface area contributed by atoms with Crippen LogP contribution in [0.4, 0.5) is 0 Å². The lowest BCUT2D eigenvalue weighted by Crippen LogP contribution is -2.39. The molecule has 164 valence electrons. The number of benzene rings is 2. The van der Waals surface area contributed by atoms with Crippen LogP contribution in [0.1, 0.15) is 11.1 Å². The topological polar surface area (TPSA) is 62.2 Å². The summed E-state index contributed by atoms with van der Waals surface area (Å²) < 4.78 is 10.7. The summed E-state index contributed by atoms with van der Waals surface area (Å²) in [6.07, 6.45) is 3.31. The molecule has 2 fully saturated rings. The summed E-state index contributed by atoms with van der Waals surface area (Å²) in [5.74, 6) is 0.186. The molecule has 0 atom stereocenters. The maximum absolute atomic E-state index is 12.3. The summed E-state index contributed by atoms with van der Waals surface area (Å²) in [4.78, 5) is 18.4. The third kappa shape index (κ3) is 6.11. The van der Waals surface area contributed by atoms with Crippen molar-refractivity contribution in [3.8, 4) is 5.75 Å². The van der Waals surface area contributed by atoms with Crippen molar-refractivity contribution >= 4 is 23.7 Å². The lowest BCUT2D eigenvalue weighted by Gasteiger charge is -2.27. The molecule has 2 saturated heterocycles. The van der Waals surface area contributed by atoms with Gasteiger partial charge in [0, 0.05) is 43.7 Å². The summed E-state index contributed by atoms with van der Waals surface area (Å²) in [6.45, 7) is 6.71. The van der Waals surface area contributed by atoms with E-state index in [0.29, 0.717) is 26.3 Å². The average molecular weight is 441 g/mol. The Kier molecular flexibility index (Phi) is 7.64. The van der Waals surface area contributed by atoms with E-state index in [1.54, 1.807) is 34.9 Å². The maximum atomic E-state index is 12.3. The Balaban J connectivity index is 1.42. The fourth-order valence-electron chi connectivity index (χ4n) is 3.63. The molecule has 0 unspecified atom stereocenters. The van der Waals surface area contributed by atoms with E-state index in [2.05, 4.69) is 23.1 Å². The van der Waals surface area contributed by atoms with Crippen LogP contribution in [0.2, 0.25) is 0 Å². The van der Waals surface area contributed by atoms with Crippen molar-refractivity contribution in [1.29, 1.82) is 0 Å². The van der Waals surface area contributed by atoms with Crippen LogP contribution in [-0.4, -0.2) is 73.4 Å². The summed E-state index contributed by atoms with van der Waals surface area (Å²) in [6, 6.07) is 13.9. The molecule has 2 aliphatic rings. The number of carbonyl (C=O) groups is 1. The average Bonchev–Trinajstić information content (AvgIpc) is 2.81. The quantitative estimate of drug-likeness (QED) is 0.696. The molecule has 2 aliphatic heterocycles. The van der Waals surface area contributed by atoms with Gasteiger partial charge in [0.1, 0.15) is 5.75 Å². The number of hydrogen-bond donors (Lipinski definition) is 1. The van der Waals surface area contributed by atoms with E-state index in [-0.39, 0.29) is 11.7 Å². The normalized spacial score (nSPS) is 17.9. The molecular weight excluding hydrogens is 412 g/mol. The molecule has 0 bridgehead atoms. The van der Waals surface area contributed by atoms with E-state index in [4.69, 9.17) is 9.47 Å². The van der Waals surface area contributed by atoms with E-state index in [0.717, 1.165) is 48.2 Å². The molecule has 0 aliphatic carbocycles. The Hall–Kier alpha value is -2.32. The van der Waals surface area contributed by atoms with Crippen LogP contribution in [0, 0.1) is 0 Å². The summed E-state index contributed by atoms with van der Waals surface area (Å²) in [5, 5.41) is 10.6. The molecule has 4 rings (SSSR count). The van der Waals surface area contributed by atoms with Gasteiger partial charge in [-0.15, -0.1) is 0 Å². The van der Waals surface area contributed by atoms with Crippen molar-refractivity contribution in [3.63, 3.8) is 0 Å². The molecule has 6 nitrogen and oxygen atoms in total. The number of phenolic OH excluding ortho intramolecular Hbond substituents is 1. The molecule has 7 heteroatoms. The van der Waals surface area contributed by atoms with E-state index in [1.165, 1.54) is 5.56 Å². The number of amides is 1. The van der Waals surface area contributed by atoms with Crippen LogP contribution in [0.5, 0.6) is 5.75 Å². The Morgan fingerprint density at radius 2 is 1.68 bits per heavy atom. The molecule has 2 aromatic rings. The van der Waals surface area contributed by atoms with Gasteiger partial charge in [0.05, 0.1) is 31.3 Å². The van der Waals surface area contributed by atoms with Crippen molar-refractivity contribution in [2.24, 2.45) is 0 Å². The van der Waals surface area contributed by atoms with Crippen LogP contribution in [0.25, 0.3) is 6.08 Å². The highest BCUT2D eigenvalue weighted by atomic mass is 32.2. The third-order valence-corrected chi connectivity index (χ3v) is 6.60. The Bertz CT molecular complexity index is 922. The molecule has 1 N–H and O–H groups in total. The van der Waals surface area contributed by atoms with E-state index < -0.39 is 0 Å². The second-order valence-electron chi connectivity index (χ2n) is 7.60. The van der Waals surface area contributed by atoms with Crippen molar-refractivity contribution in [3.05, 3.63) is 59.7 Å². The molecule has 1 amide bonds. The van der Waals surface area contributed by atoms with Crippen LogP contribution in [-0.2, 0) is 20.8 Å². The SMILES string of the molecule is O=C(/C=C/c1ccc(Sc2ccccc2CN2CCOCC2)c(O)c1)N1CCOCC1. The van der Waals surface area contributed by atoms with Crippen molar-refractivity contribution in [1.82, 2.24) is 9.80 Å². The van der Waals surface area contributed by atoms with E-state index >= 15 is 0 Å². The summed E-state index contributed by atoms with van der Waals surface area (Å²) >= 11 is 1.56. The van der Waals surface area contributed by atoms with Crippen LogP contribution in [0.3, 0.4) is 0 Å². The zero-order valence-corrected chi connectivity index (χ0v) is 18.4. The van der Waals surface area contributed by atoms with Crippen molar-refractivity contribution in [2.75, 3.05) is 52.6 Å². The molecule has 0 radical (unpaired) electrons. The predicted octanol–water partition coefficient (Wildman–Crippen LogP) is 3.25. The first-order chi connectivity index (χ1) is 15.2. The van der Waals surface area contributed by atoms with Gasteiger partial charge in [0.2, 0.25) is 5.91 Å². The molecule has 2 aromatic carbocycles. The Morgan fingerprint density at radius 1 is 0.968 bits per heavy atom. The van der Waals surface area contributed by atoms with Gasteiger partial charge in [0.15, 0.2) is 0 Å². The van der Waals surface area contributed by atoms with E-state index in [1.807, 2.05) is 18.2 Å². The second kappa shape index (κ2) is 10.8. The van der Waals surface area contributed by atoms with Crippen LogP contribution < -0.4 is 0 Å². The van der Waals surface area contributed by atoms with Gasteiger partial charge >= 0.3 is 0 Å². The van der Waals surface area contributed by atoms with E-state index in [9.17, 15) is 9.90 Å². The van der Waals surface area contributed by atoms with Gasteiger partial charge in [0.25, 0.3) is 0 Å². The number of morpholine rings is 2. The zero-order chi connectivity index (χ0) is 21.5. The second-order valence-corrected chi connectivity index (χ2v) is 8.68. The Labute approximate surface area is 187 Å². The lowest BCUT2D eigenvalue weighted by atomic mass is 10.2. The Morgan fingerprint density at radius 3 is 2.42 bits per heavy atom. The standard InChI is InChI=1S/C24H28N2O4S/c27-21-17-19(6-8-24(28)26-11-15-30-16-12-26)5-7-23(21)31-22-4-2-1-3-20(22)18-25-9-13-29-14-10-25/h1-8,17,27H,9-16,18H2/b8-6+. The number of hydrogen-bond acceptors (Lipinski definition) is 6. The summed E-state index contributed by atoms with van der Waals surface area (Å²) in [7, 11) is 0. The minimum Gasteiger partial charge on any atom is -0.507 e. The van der Waals surface area contributed by atoms with Crippen molar-refractivity contribution < 1.29 is 19.4 Å². The number of carbonyl (C=O) groups excluding carboxylic acids is 1. The monoisotopic (exact) mass is 440 g/mol. The van der Waals surface area contributed by atoms with Gasteiger partial charge in [-0.3, -0.25) is 9.69 Å². The first-order valence-electron chi connectivity index (χ1n) is 10.6. The third-order valence-electron chi connectivity index (χ3n) is 5.41. The first-order valence-corrected chi connectivity index (χ1v) is 11.4. The smallest absolute Gasteiger partial charge is 0.246 e. The zero-order valence-electron chi connectivity index (χ0n) is 17.5. The number of ether oxygens (including phenoxy) is 2. The largest absolute Gasteiger partial charge is 0.507 e. The highest BCUT2D eigenvalue weighted by Crippen LogP contribution is 2.37. The number of aromatic hydroxyl groups is 1. The van der Waals surface area contributed by atoms with Crippen LogP contribution >= 0.6 is 11.8 Å². The summed E-state index contributed by atoms with van der Waals surface area (Å²) in [5.41, 5.74) is 2.04.